The minimum absolute atomic E-state index is 0.00599. The molecule has 6 nitrogen and oxygen atoms in total. The summed E-state index contributed by atoms with van der Waals surface area (Å²) in [4.78, 5) is 46.9. The summed E-state index contributed by atoms with van der Waals surface area (Å²) in [6.07, 6.45) is 0.259. The van der Waals surface area contributed by atoms with Crippen LogP contribution in [0.15, 0.2) is 60.7 Å². The number of hydrogen-bond acceptors (Lipinski definition) is 8. The van der Waals surface area contributed by atoms with Crippen LogP contribution in [0.25, 0.3) is 0 Å². The fourth-order valence-corrected chi connectivity index (χ4v) is 5.06. The van der Waals surface area contributed by atoms with Crippen LogP contribution in [-0.2, 0) is 28.7 Å². The maximum atomic E-state index is 12.3. The third-order valence-electron chi connectivity index (χ3n) is 4.21. The van der Waals surface area contributed by atoms with Crippen LogP contribution in [0.4, 0.5) is 0 Å². The number of hydrogen-bond donors (Lipinski definition) is 0. The molecule has 0 radical (unpaired) electrons. The summed E-state index contributed by atoms with van der Waals surface area (Å²) in [5, 5.41) is 0. The highest BCUT2D eigenvalue weighted by Crippen LogP contribution is 2.47. The number of esters is 2. The van der Waals surface area contributed by atoms with Gasteiger partial charge in [0.15, 0.2) is 10.9 Å². The molecule has 2 rings (SSSR count). The summed E-state index contributed by atoms with van der Waals surface area (Å²) in [5.74, 6) is -1.11. The Balaban J connectivity index is 2.11. The number of ketones is 2. The van der Waals surface area contributed by atoms with Gasteiger partial charge in [0.25, 0.3) is 0 Å². The van der Waals surface area contributed by atoms with E-state index in [0.29, 0.717) is 0 Å². The number of ether oxygens (including phenoxy) is 2. The van der Waals surface area contributed by atoms with Gasteiger partial charge >= 0.3 is 11.9 Å². The predicted molar refractivity (Wildman–Crippen MR) is 126 cm³/mol. The van der Waals surface area contributed by atoms with Gasteiger partial charge < -0.3 is 19.1 Å². The topological polar surface area (TPSA) is 86.7 Å². The minimum Gasteiger partial charge on any atom is -0.445 e. The van der Waals surface area contributed by atoms with Crippen LogP contribution < -0.4 is 0 Å². The molecule has 0 heterocycles. The molecule has 32 heavy (non-hydrogen) atoms. The molecule has 2 aromatic carbocycles. The molecule has 0 fully saturated rings. The Morgan fingerprint density at radius 3 is 1.28 bits per heavy atom. The lowest BCUT2D eigenvalue weighted by atomic mass is 10.2. The largest absolute Gasteiger partial charge is 0.445 e. The van der Waals surface area contributed by atoms with E-state index in [1.165, 1.54) is 35.4 Å². The molecular formula is C24H26O6S2. The van der Waals surface area contributed by atoms with E-state index in [0.717, 1.165) is 11.1 Å². The summed E-state index contributed by atoms with van der Waals surface area (Å²) in [7, 11) is 2.50. The monoisotopic (exact) mass is 474 g/mol. The molecule has 2 aromatic rings. The van der Waals surface area contributed by atoms with Crippen LogP contribution in [0, 0.1) is 0 Å². The van der Waals surface area contributed by atoms with Gasteiger partial charge in [-0.1, -0.05) is 60.7 Å². The molecule has 0 aliphatic heterocycles. The van der Waals surface area contributed by atoms with Crippen molar-refractivity contribution in [3.8, 4) is 0 Å². The van der Waals surface area contributed by atoms with Crippen LogP contribution in [0.2, 0.25) is 0 Å². The number of carbonyl (C=O) groups excluding carboxylic acids is 4. The van der Waals surface area contributed by atoms with E-state index < -0.39 is 22.8 Å². The van der Waals surface area contributed by atoms with Gasteiger partial charge in [0.05, 0.1) is 12.8 Å². The Morgan fingerprint density at radius 1 is 0.625 bits per heavy atom. The molecule has 0 bridgehead atoms. The molecule has 0 aliphatic carbocycles. The van der Waals surface area contributed by atoms with E-state index in [1.807, 2.05) is 60.7 Å². The molecule has 0 amide bonds. The van der Waals surface area contributed by atoms with Crippen molar-refractivity contribution in [2.75, 3.05) is 0 Å². The van der Waals surface area contributed by atoms with Gasteiger partial charge in [-0.05, 0) is 35.4 Å². The van der Waals surface area contributed by atoms with Crippen LogP contribution in [0.3, 0.4) is 0 Å². The average Bonchev–Trinajstić information content (AvgIpc) is 2.79. The van der Waals surface area contributed by atoms with Crippen molar-refractivity contribution in [3.05, 3.63) is 71.8 Å². The highest BCUT2D eigenvalue weighted by molar-refractivity contribution is 8.76. The van der Waals surface area contributed by atoms with Crippen molar-refractivity contribution in [1.82, 2.24) is 0 Å². The van der Waals surface area contributed by atoms with Crippen molar-refractivity contribution in [3.63, 3.8) is 0 Å². The van der Waals surface area contributed by atoms with Crippen LogP contribution in [0.5, 0.6) is 0 Å². The molecule has 8 heteroatoms. The highest BCUT2D eigenvalue weighted by Gasteiger charge is 2.24. The van der Waals surface area contributed by atoms with E-state index in [2.05, 4.69) is 0 Å². The molecule has 0 spiro atoms. The number of Topliss-reactive ketones (excluding diaryl/α,β-unsaturated/α-hetero) is 2. The standard InChI is InChI=1S/C24H26O6S2/c1-17(25)13-15-21(27)29-23(19-9-5-3-6-10-19)31-32-24(20-11-7-4-8-12-20)30-22(28)16-14-18(2)26/h3-12,23-24H,13-16H2,1-2H3. The Labute approximate surface area is 195 Å². The number of carbonyl (C=O) groups is 4. The van der Waals surface area contributed by atoms with Gasteiger partial charge in [-0.3, -0.25) is 9.59 Å². The van der Waals surface area contributed by atoms with Crippen LogP contribution in [-0.4, -0.2) is 23.5 Å². The van der Waals surface area contributed by atoms with Crippen molar-refractivity contribution in [1.29, 1.82) is 0 Å². The second-order valence-corrected chi connectivity index (χ2v) is 9.46. The molecule has 0 saturated carbocycles. The van der Waals surface area contributed by atoms with Crippen molar-refractivity contribution in [2.24, 2.45) is 0 Å². The zero-order valence-electron chi connectivity index (χ0n) is 18.0. The highest BCUT2D eigenvalue weighted by atomic mass is 33.1. The Hall–Kier alpha value is -2.58. The van der Waals surface area contributed by atoms with E-state index in [4.69, 9.17) is 9.47 Å². The summed E-state index contributed by atoms with van der Waals surface area (Å²) < 4.78 is 11.2. The predicted octanol–water partition coefficient (Wildman–Crippen LogP) is 5.59. The Morgan fingerprint density at radius 2 is 0.969 bits per heavy atom. The zero-order valence-corrected chi connectivity index (χ0v) is 19.7. The average molecular weight is 475 g/mol. The normalized spacial score (nSPS) is 12.4. The molecule has 2 atom stereocenters. The smallest absolute Gasteiger partial charge is 0.307 e. The van der Waals surface area contributed by atoms with E-state index >= 15 is 0 Å². The van der Waals surface area contributed by atoms with E-state index in [9.17, 15) is 19.2 Å². The van der Waals surface area contributed by atoms with Gasteiger partial charge in [-0.15, -0.1) is 0 Å². The SMILES string of the molecule is CC(=O)CCC(=O)OC(SSC(OC(=O)CCC(C)=O)c1ccccc1)c1ccccc1. The first-order valence-electron chi connectivity index (χ1n) is 10.1. The first-order chi connectivity index (χ1) is 15.3. The molecule has 0 saturated heterocycles. The fourth-order valence-electron chi connectivity index (χ4n) is 2.52. The van der Waals surface area contributed by atoms with Gasteiger partial charge in [0, 0.05) is 24.0 Å². The first kappa shape index (κ1) is 25.7. The van der Waals surface area contributed by atoms with Crippen LogP contribution >= 0.6 is 21.6 Å². The molecule has 0 N–H and O–H groups in total. The lowest BCUT2D eigenvalue weighted by Crippen LogP contribution is -2.12. The molecule has 2 unspecified atom stereocenters. The fraction of sp³-hybridized carbons (Fsp3) is 0.333. The summed E-state index contributed by atoms with van der Waals surface area (Å²) >= 11 is 0. The third kappa shape index (κ3) is 9.70. The van der Waals surface area contributed by atoms with Crippen molar-refractivity contribution < 1.29 is 28.7 Å². The Kier molecular flexibility index (Phi) is 11.0. The van der Waals surface area contributed by atoms with Crippen molar-refractivity contribution in [2.45, 2.75) is 50.4 Å². The lowest BCUT2D eigenvalue weighted by molar-refractivity contribution is -0.147. The zero-order chi connectivity index (χ0) is 23.3. The minimum atomic E-state index is -0.650. The lowest BCUT2D eigenvalue weighted by Gasteiger charge is -2.21. The molecule has 170 valence electrons. The van der Waals surface area contributed by atoms with E-state index in [1.54, 1.807) is 0 Å². The van der Waals surface area contributed by atoms with Gasteiger partial charge in [0.2, 0.25) is 0 Å². The number of benzene rings is 2. The van der Waals surface area contributed by atoms with Gasteiger partial charge in [0.1, 0.15) is 11.6 Å². The van der Waals surface area contributed by atoms with Crippen molar-refractivity contribution >= 4 is 45.1 Å². The maximum Gasteiger partial charge on any atom is 0.307 e. The first-order valence-corrected chi connectivity index (χ1v) is 12.4. The van der Waals surface area contributed by atoms with Crippen LogP contribution in [0.1, 0.15) is 61.5 Å². The van der Waals surface area contributed by atoms with Gasteiger partial charge in [-0.2, -0.15) is 0 Å². The quantitative estimate of drug-likeness (QED) is 0.211. The maximum absolute atomic E-state index is 12.3. The molecular weight excluding hydrogens is 448 g/mol. The van der Waals surface area contributed by atoms with E-state index in [-0.39, 0.29) is 37.2 Å². The second-order valence-electron chi connectivity index (χ2n) is 7.06. The van der Waals surface area contributed by atoms with Gasteiger partial charge in [-0.25, -0.2) is 0 Å². The second kappa shape index (κ2) is 13.8. The molecule has 0 aliphatic rings. The third-order valence-corrected chi connectivity index (χ3v) is 6.79. The number of rotatable bonds is 13. The summed E-state index contributed by atoms with van der Waals surface area (Å²) in [6.45, 7) is 2.86. The summed E-state index contributed by atoms with van der Waals surface area (Å²) in [5.41, 5.74) is 0.248. The summed E-state index contributed by atoms with van der Waals surface area (Å²) in [6, 6.07) is 18.4. The Bertz CT molecular complexity index is 826. The molecule has 0 aromatic heterocycles.